The number of nitrogens with zero attached hydrogens (tertiary/aromatic N) is 3. The molecule has 2 fully saturated rings. The van der Waals surface area contributed by atoms with Gasteiger partial charge in [-0.2, -0.15) is 13.2 Å². The molecule has 28 heavy (non-hydrogen) atoms. The van der Waals surface area contributed by atoms with Gasteiger partial charge in [-0.1, -0.05) is 0 Å². The highest BCUT2D eigenvalue weighted by molar-refractivity contribution is 7.09. The molecule has 7 nitrogen and oxygen atoms in total. The number of hydrogen-bond acceptors (Lipinski definition) is 6. The average Bonchev–Trinajstić information content (AvgIpc) is 3.20. The Morgan fingerprint density at radius 1 is 1.39 bits per heavy atom. The van der Waals surface area contributed by atoms with Crippen LogP contribution in [-0.2, 0) is 20.9 Å². The molecule has 2 saturated heterocycles. The van der Waals surface area contributed by atoms with Crippen molar-refractivity contribution in [2.45, 2.75) is 51.0 Å². The lowest BCUT2D eigenvalue weighted by molar-refractivity contribution is -0.192. The highest BCUT2D eigenvalue weighted by atomic mass is 32.1. The Morgan fingerprint density at radius 3 is 2.61 bits per heavy atom. The van der Waals surface area contributed by atoms with Gasteiger partial charge in [-0.05, 0) is 19.8 Å². The second-order valence-electron chi connectivity index (χ2n) is 6.67. The molecule has 1 amide bonds. The maximum atomic E-state index is 12.2. The number of amides is 1. The van der Waals surface area contributed by atoms with Gasteiger partial charge in [0.15, 0.2) is 0 Å². The molecular weight excluding hydrogens is 399 g/mol. The van der Waals surface area contributed by atoms with Crippen LogP contribution in [0.3, 0.4) is 0 Å². The molecule has 0 aliphatic carbocycles. The number of ether oxygens (including phenoxy) is 1. The van der Waals surface area contributed by atoms with Gasteiger partial charge in [0.2, 0.25) is 5.91 Å². The van der Waals surface area contributed by atoms with Crippen LogP contribution in [0.15, 0.2) is 5.38 Å². The van der Waals surface area contributed by atoms with Gasteiger partial charge >= 0.3 is 12.1 Å². The molecule has 158 valence electrons. The predicted molar refractivity (Wildman–Crippen MR) is 96.0 cm³/mol. The van der Waals surface area contributed by atoms with Gasteiger partial charge in [-0.3, -0.25) is 9.69 Å². The number of halogens is 3. The first-order chi connectivity index (χ1) is 13.1. The predicted octanol–water partition coefficient (Wildman–Crippen LogP) is 2.30. The second kappa shape index (κ2) is 9.66. The summed E-state index contributed by atoms with van der Waals surface area (Å²) >= 11 is 1.71. The number of aliphatic carboxylic acids is 1. The number of rotatable bonds is 5. The van der Waals surface area contributed by atoms with Crippen molar-refractivity contribution in [3.8, 4) is 0 Å². The van der Waals surface area contributed by atoms with Gasteiger partial charge in [0.05, 0.1) is 17.3 Å². The number of carbonyl (C=O) groups excluding carboxylic acids is 1. The van der Waals surface area contributed by atoms with E-state index in [2.05, 4.69) is 15.3 Å². The fourth-order valence-corrected chi connectivity index (χ4v) is 4.21. The largest absolute Gasteiger partial charge is 0.490 e. The lowest BCUT2D eigenvalue weighted by Crippen LogP contribution is -2.52. The second-order valence-corrected chi connectivity index (χ2v) is 7.74. The molecule has 2 aliphatic heterocycles. The molecule has 0 aromatic carbocycles. The highest BCUT2D eigenvalue weighted by Crippen LogP contribution is 2.32. The van der Waals surface area contributed by atoms with Crippen LogP contribution in [0.5, 0.6) is 0 Å². The minimum atomic E-state index is -5.08. The van der Waals surface area contributed by atoms with E-state index < -0.39 is 12.1 Å². The minimum Gasteiger partial charge on any atom is -0.475 e. The number of aryl methyl sites for hydroxylation is 1. The van der Waals surface area contributed by atoms with Crippen LogP contribution in [-0.4, -0.2) is 76.8 Å². The van der Waals surface area contributed by atoms with Crippen LogP contribution in [0.2, 0.25) is 0 Å². The molecule has 0 bridgehead atoms. The van der Waals surface area contributed by atoms with E-state index >= 15 is 0 Å². The summed E-state index contributed by atoms with van der Waals surface area (Å²) < 4.78 is 36.9. The number of carbonyl (C=O) groups is 2. The van der Waals surface area contributed by atoms with E-state index in [0.29, 0.717) is 31.0 Å². The molecule has 0 saturated carbocycles. The van der Waals surface area contributed by atoms with Crippen molar-refractivity contribution in [2.75, 3.05) is 26.8 Å². The quantitative estimate of drug-likeness (QED) is 0.783. The molecule has 0 unspecified atom stereocenters. The van der Waals surface area contributed by atoms with Gasteiger partial charge in [0.1, 0.15) is 0 Å². The van der Waals surface area contributed by atoms with Gasteiger partial charge in [0, 0.05) is 50.6 Å². The molecule has 2 aliphatic rings. The Morgan fingerprint density at radius 2 is 2.07 bits per heavy atom. The first kappa shape index (κ1) is 22.6. The molecule has 2 atom stereocenters. The van der Waals surface area contributed by atoms with Crippen molar-refractivity contribution in [2.24, 2.45) is 0 Å². The number of fused-ring (bicyclic) bond motifs is 1. The van der Waals surface area contributed by atoms with Gasteiger partial charge in [-0.15, -0.1) is 11.3 Å². The van der Waals surface area contributed by atoms with Crippen LogP contribution < -0.4 is 0 Å². The van der Waals surface area contributed by atoms with Crippen molar-refractivity contribution in [1.29, 1.82) is 0 Å². The number of alkyl halides is 3. The number of carboxylic acids is 1. The number of likely N-dealkylation sites (tertiary alicyclic amines) is 2. The molecule has 0 radical (unpaired) electrons. The van der Waals surface area contributed by atoms with E-state index in [-0.39, 0.29) is 0 Å². The number of aromatic nitrogens is 1. The van der Waals surface area contributed by atoms with Crippen molar-refractivity contribution in [3.05, 3.63) is 16.1 Å². The van der Waals surface area contributed by atoms with E-state index in [1.807, 2.05) is 11.8 Å². The van der Waals surface area contributed by atoms with E-state index in [4.69, 9.17) is 14.6 Å². The monoisotopic (exact) mass is 423 g/mol. The first-order valence-corrected chi connectivity index (χ1v) is 9.75. The third kappa shape index (κ3) is 5.89. The van der Waals surface area contributed by atoms with E-state index in [0.717, 1.165) is 37.5 Å². The molecule has 0 spiro atoms. The van der Waals surface area contributed by atoms with Crippen LogP contribution in [0.4, 0.5) is 13.2 Å². The van der Waals surface area contributed by atoms with Gasteiger partial charge < -0.3 is 14.7 Å². The topological polar surface area (TPSA) is 83.0 Å². The fraction of sp³-hybridized carbons (Fsp3) is 0.706. The summed E-state index contributed by atoms with van der Waals surface area (Å²) in [4.78, 5) is 30.2. The number of hydrogen-bond donors (Lipinski definition) is 1. The summed E-state index contributed by atoms with van der Waals surface area (Å²) in [5, 5.41) is 10.4. The Hall–Kier alpha value is -1.72. The third-order valence-corrected chi connectivity index (χ3v) is 5.63. The summed E-state index contributed by atoms with van der Waals surface area (Å²) in [5.41, 5.74) is 1.17. The lowest BCUT2D eigenvalue weighted by Gasteiger charge is -2.39. The van der Waals surface area contributed by atoms with Crippen molar-refractivity contribution >= 4 is 23.2 Å². The summed E-state index contributed by atoms with van der Waals surface area (Å²) in [6.45, 7) is 5.37. The molecule has 3 heterocycles. The summed E-state index contributed by atoms with van der Waals surface area (Å²) in [6.07, 6.45) is -2.36. The zero-order valence-corrected chi connectivity index (χ0v) is 16.6. The Labute approximate surface area is 165 Å². The summed E-state index contributed by atoms with van der Waals surface area (Å²) in [7, 11) is 1.69. The Bertz CT molecular complexity index is 683. The van der Waals surface area contributed by atoms with Crippen molar-refractivity contribution in [1.82, 2.24) is 14.8 Å². The molecule has 1 aromatic heterocycles. The van der Waals surface area contributed by atoms with Gasteiger partial charge in [0.25, 0.3) is 0 Å². The molecule has 1 N–H and O–H groups in total. The zero-order valence-electron chi connectivity index (χ0n) is 15.7. The van der Waals surface area contributed by atoms with Crippen LogP contribution in [0.25, 0.3) is 0 Å². The molecular formula is C17H24F3N3O4S. The molecule has 11 heteroatoms. The van der Waals surface area contributed by atoms with Crippen molar-refractivity contribution < 1.29 is 32.6 Å². The maximum Gasteiger partial charge on any atom is 0.490 e. The van der Waals surface area contributed by atoms with E-state index in [1.165, 1.54) is 5.69 Å². The number of methoxy groups -OCH3 is 1. The maximum absolute atomic E-state index is 12.2. The number of piperidine rings is 1. The van der Waals surface area contributed by atoms with Gasteiger partial charge in [-0.25, -0.2) is 9.78 Å². The zero-order chi connectivity index (χ0) is 20.9. The van der Waals surface area contributed by atoms with E-state index in [1.54, 1.807) is 18.4 Å². The highest BCUT2D eigenvalue weighted by Gasteiger charge is 2.42. The van der Waals surface area contributed by atoms with Crippen LogP contribution in [0.1, 0.15) is 30.0 Å². The summed E-state index contributed by atoms with van der Waals surface area (Å²) in [5.74, 6) is -2.47. The fourth-order valence-electron chi connectivity index (χ4n) is 3.60. The minimum absolute atomic E-state index is 0.291. The van der Waals surface area contributed by atoms with E-state index in [9.17, 15) is 18.0 Å². The van der Waals surface area contributed by atoms with Crippen LogP contribution in [0, 0.1) is 6.92 Å². The number of thiazole rings is 1. The Kier molecular flexibility index (Phi) is 7.79. The normalized spacial score (nSPS) is 22.6. The lowest BCUT2D eigenvalue weighted by atomic mass is 9.96. The SMILES string of the molecule is COCCN1C(=O)CC[C@@H]2[C@@H]1CCN2Cc1csc(C)n1.O=C(O)C(F)(F)F. The molecule has 3 rings (SSSR count). The standard InChI is InChI=1S/C15H23N3O2S.C2HF3O2/c1-11-16-12(10-21-11)9-17-6-5-14-13(17)3-4-15(19)18(14)7-8-20-2;3-2(4,5)1(6)7/h10,13-14H,3-9H2,1-2H3;(H,6,7)/t13-,14+;/m1./s1. The third-order valence-electron chi connectivity index (χ3n) is 4.81. The molecule has 1 aromatic rings. The van der Waals surface area contributed by atoms with Crippen LogP contribution >= 0.6 is 11.3 Å². The summed E-state index contributed by atoms with van der Waals surface area (Å²) in [6, 6.07) is 0.850. The first-order valence-electron chi connectivity index (χ1n) is 8.87. The Balaban J connectivity index is 0.000000345. The smallest absolute Gasteiger partial charge is 0.475 e. The average molecular weight is 423 g/mol. The van der Waals surface area contributed by atoms with Crippen molar-refractivity contribution in [3.63, 3.8) is 0 Å². The number of carboxylic acid groups (broad SMARTS) is 1.